The van der Waals surface area contributed by atoms with Gasteiger partial charge in [0.2, 0.25) is 0 Å². The molecule has 0 spiro atoms. The average molecular weight is 667 g/mol. The molecule has 6 nitrogen and oxygen atoms in total. The summed E-state index contributed by atoms with van der Waals surface area (Å²) in [5.41, 5.74) is 0. The first-order valence-corrected chi connectivity index (χ1v) is 20.2. The summed E-state index contributed by atoms with van der Waals surface area (Å²) in [6.07, 6.45) is 5.76. The van der Waals surface area contributed by atoms with Crippen LogP contribution in [0.2, 0.25) is 0 Å². The van der Waals surface area contributed by atoms with Crippen molar-refractivity contribution in [2.24, 2.45) is 35.5 Å². The van der Waals surface area contributed by atoms with Gasteiger partial charge < -0.3 is 9.05 Å². The van der Waals surface area contributed by atoms with E-state index in [0.29, 0.717) is 57.6 Å². The van der Waals surface area contributed by atoms with Crippen LogP contribution in [0.15, 0.2) is 84.9 Å². The van der Waals surface area contributed by atoms with Crippen LogP contribution in [0, 0.1) is 35.5 Å². The highest BCUT2D eigenvalue weighted by atomic mass is 31.2. The minimum absolute atomic E-state index is 0.163. The van der Waals surface area contributed by atoms with Gasteiger partial charge in [0, 0.05) is 0 Å². The molecule has 3 aromatic carbocycles. The monoisotopic (exact) mass is 666 g/mol. The molecule has 8 heteroatoms. The van der Waals surface area contributed by atoms with Crippen molar-refractivity contribution in [2.45, 2.75) is 92.3 Å². The molecule has 5 rings (SSSR count). The Bertz CT molecular complexity index is 1360. The second-order valence-corrected chi connectivity index (χ2v) is 18.1. The predicted molar refractivity (Wildman–Crippen MR) is 187 cm³/mol. The molecule has 250 valence electrons. The van der Waals surface area contributed by atoms with Crippen LogP contribution in [-0.4, -0.2) is 12.2 Å². The van der Waals surface area contributed by atoms with Crippen molar-refractivity contribution >= 4 is 25.8 Å². The van der Waals surface area contributed by atoms with Crippen LogP contribution in [-0.2, 0) is 18.2 Å². The Balaban J connectivity index is 1.39. The Labute approximate surface area is 276 Å². The molecule has 8 atom stereocenters. The van der Waals surface area contributed by atoms with Crippen molar-refractivity contribution in [2.75, 3.05) is 0 Å². The van der Waals surface area contributed by atoms with Crippen molar-refractivity contribution in [3.63, 3.8) is 0 Å². The van der Waals surface area contributed by atoms with Gasteiger partial charge in [-0.1, -0.05) is 90.8 Å². The van der Waals surface area contributed by atoms with Crippen LogP contribution in [0.4, 0.5) is 0 Å². The zero-order chi connectivity index (χ0) is 32.9. The van der Waals surface area contributed by atoms with Gasteiger partial charge in [-0.3, -0.25) is 9.05 Å². The summed E-state index contributed by atoms with van der Waals surface area (Å²) in [6.45, 7) is 13.3. The molecule has 2 fully saturated rings. The first-order valence-electron chi connectivity index (χ1n) is 17.1. The van der Waals surface area contributed by atoms with Gasteiger partial charge >= 0.3 is 15.2 Å². The molecule has 0 amide bonds. The molecular weight excluding hydrogens is 614 g/mol. The van der Waals surface area contributed by atoms with Crippen molar-refractivity contribution in [3.8, 4) is 11.5 Å². The molecule has 0 bridgehead atoms. The van der Waals surface area contributed by atoms with Crippen molar-refractivity contribution in [1.29, 1.82) is 0 Å². The van der Waals surface area contributed by atoms with E-state index in [1.54, 1.807) is 48.5 Å². The quantitative estimate of drug-likeness (QED) is 0.179. The lowest BCUT2D eigenvalue weighted by atomic mass is 9.75. The molecule has 2 saturated carbocycles. The number of rotatable bonds is 12. The largest absolute Gasteiger partial charge is 0.421 e. The third kappa shape index (κ3) is 8.56. The topological polar surface area (TPSA) is 71.1 Å². The maximum absolute atomic E-state index is 14.6. The molecular formula is C38H52O6P2. The minimum atomic E-state index is -3.74. The van der Waals surface area contributed by atoms with E-state index in [2.05, 4.69) is 41.5 Å². The van der Waals surface area contributed by atoms with Crippen molar-refractivity contribution < 1.29 is 27.2 Å². The van der Waals surface area contributed by atoms with Gasteiger partial charge in [-0.05, 0) is 110 Å². The molecule has 0 aliphatic heterocycles. The third-order valence-corrected chi connectivity index (χ3v) is 13.8. The summed E-state index contributed by atoms with van der Waals surface area (Å²) in [4.78, 5) is 0. The van der Waals surface area contributed by atoms with E-state index in [4.69, 9.17) is 18.1 Å². The van der Waals surface area contributed by atoms with Crippen LogP contribution in [0.5, 0.6) is 11.5 Å². The summed E-state index contributed by atoms with van der Waals surface area (Å²) in [6, 6.07) is 25.2. The average Bonchev–Trinajstić information content (AvgIpc) is 3.02. The fraction of sp³-hybridized carbons (Fsp3) is 0.526. The summed E-state index contributed by atoms with van der Waals surface area (Å²) in [5.74, 6) is 3.21. The Hall–Kier alpha value is -2.36. The van der Waals surface area contributed by atoms with Crippen molar-refractivity contribution in [1.82, 2.24) is 0 Å². The lowest BCUT2D eigenvalue weighted by Gasteiger charge is -2.38. The van der Waals surface area contributed by atoms with Crippen LogP contribution in [0.3, 0.4) is 0 Å². The molecule has 3 aromatic rings. The van der Waals surface area contributed by atoms with Gasteiger partial charge in [0.05, 0.1) is 22.8 Å². The first kappa shape index (κ1) is 35.0. The van der Waals surface area contributed by atoms with Crippen LogP contribution >= 0.6 is 15.2 Å². The van der Waals surface area contributed by atoms with E-state index in [1.165, 1.54) is 0 Å². The van der Waals surface area contributed by atoms with Gasteiger partial charge in [-0.2, -0.15) is 0 Å². The smallest absolute Gasteiger partial charge is 0.411 e. The third-order valence-electron chi connectivity index (χ3n) is 9.89. The fourth-order valence-corrected chi connectivity index (χ4v) is 10.8. The lowest BCUT2D eigenvalue weighted by Crippen LogP contribution is -2.35. The zero-order valence-corrected chi connectivity index (χ0v) is 30.1. The standard InChI is InChI=1S/C38H52O6P2/c1-27(2)35-23-17-29(5)25-37(35)43-45(39,33-13-9-7-10-14-33)41-31-19-21-32(22-20-31)42-46(40,34-15-11-8-12-16-34)44-38-26-30(6)18-24-36(38)28(3)4/h7-16,19-22,27-30,35-38H,17-18,23-26H2,1-6H3/t29-,30-,35+,36+,37-,38-,45?,46?/m0/s1. The van der Waals surface area contributed by atoms with E-state index >= 15 is 0 Å². The van der Waals surface area contributed by atoms with Gasteiger partial charge in [-0.25, -0.2) is 9.13 Å². The molecule has 0 heterocycles. The summed E-state index contributed by atoms with van der Waals surface area (Å²) in [5, 5.41) is 1.05. The van der Waals surface area contributed by atoms with E-state index in [-0.39, 0.29) is 12.2 Å². The number of hydrogen-bond acceptors (Lipinski definition) is 6. The zero-order valence-electron chi connectivity index (χ0n) is 28.3. The molecule has 2 aliphatic rings. The molecule has 0 aromatic heterocycles. The van der Waals surface area contributed by atoms with E-state index in [0.717, 1.165) is 38.5 Å². The highest BCUT2D eigenvalue weighted by molar-refractivity contribution is 7.63. The van der Waals surface area contributed by atoms with Crippen LogP contribution in [0.1, 0.15) is 80.1 Å². The van der Waals surface area contributed by atoms with Crippen LogP contribution < -0.4 is 19.7 Å². The second-order valence-electron chi connectivity index (χ2n) is 14.3. The Morgan fingerprint density at radius 2 is 0.891 bits per heavy atom. The second kappa shape index (κ2) is 15.2. The summed E-state index contributed by atoms with van der Waals surface area (Å²) >= 11 is 0. The Kier molecular flexibility index (Phi) is 11.6. The van der Waals surface area contributed by atoms with Gasteiger partial charge in [0.25, 0.3) is 0 Å². The van der Waals surface area contributed by atoms with E-state index in [9.17, 15) is 9.13 Å². The summed E-state index contributed by atoms with van der Waals surface area (Å²) in [7, 11) is -7.47. The minimum Gasteiger partial charge on any atom is -0.421 e. The van der Waals surface area contributed by atoms with Gasteiger partial charge in [0.15, 0.2) is 0 Å². The Morgan fingerprint density at radius 1 is 0.543 bits per heavy atom. The molecule has 2 unspecified atom stereocenters. The highest BCUT2D eigenvalue weighted by Crippen LogP contribution is 2.54. The van der Waals surface area contributed by atoms with E-state index in [1.807, 2.05) is 36.4 Å². The number of benzene rings is 3. The molecule has 2 aliphatic carbocycles. The summed E-state index contributed by atoms with van der Waals surface area (Å²) < 4.78 is 54.9. The van der Waals surface area contributed by atoms with Crippen LogP contribution in [0.25, 0.3) is 0 Å². The SMILES string of the molecule is CC(C)[C@H]1CC[C@H](C)C[C@@H]1OP(=O)(Oc1ccc(OP(=O)(O[C@H]2C[C@@H](C)CC[C@@H]2C(C)C)c2ccccc2)cc1)c1ccccc1. The predicted octanol–water partition coefficient (Wildman–Crippen LogP) is 10.4. The van der Waals surface area contributed by atoms with Crippen molar-refractivity contribution in [3.05, 3.63) is 84.9 Å². The molecule has 0 N–H and O–H groups in total. The Morgan fingerprint density at radius 3 is 1.22 bits per heavy atom. The first-order chi connectivity index (χ1) is 22.0. The fourth-order valence-electron chi connectivity index (χ4n) is 7.16. The lowest BCUT2D eigenvalue weighted by molar-refractivity contribution is 0.0408. The van der Waals surface area contributed by atoms with Gasteiger partial charge in [-0.15, -0.1) is 0 Å². The maximum Gasteiger partial charge on any atom is 0.411 e. The molecule has 46 heavy (non-hydrogen) atoms. The molecule has 0 saturated heterocycles. The van der Waals surface area contributed by atoms with E-state index < -0.39 is 15.2 Å². The maximum atomic E-state index is 14.6. The molecule has 0 radical (unpaired) electrons. The normalized spacial score (nSPS) is 27.9. The van der Waals surface area contributed by atoms with Gasteiger partial charge in [0.1, 0.15) is 11.5 Å². The highest BCUT2D eigenvalue weighted by Gasteiger charge is 2.41. The number of hydrogen-bond donors (Lipinski definition) is 0.